The number of Topliss-reactive ketones (excluding diaryl/α,β-unsaturated/α-hetero) is 1. The number of benzene rings is 1. The number of carbonyl (C=O) groups is 1. The molecule has 0 N–H and O–H groups in total. The molecular formula is C16H20ClN3O. The second kappa shape index (κ2) is 6.87. The standard InChI is InChI=1S/C16H20ClN3O/c1-12-6-4-5-7-13(12)10-15(21)16-14(17)11-18-20(16)9-8-19(2)3/h4-7,11H,8-10H2,1-3H3. The topological polar surface area (TPSA) is 38.1 Å². The zero-order valence-electron chi connectivity index (χ0n) is 12.6. The Balaban J connectivity index is 2.19. The minimum Gasteiger partial charge on any atom is -0.308 e. The van der Waals surface area contributed by atoms with Crippen LogP contribution in [0.2, 0.25) is 5.02 Å². The van der Waals surface area contributed by atoms with Crippen molar-refractivity contribution in [2.45, 2.75) is 19.9 Å². The van der Waals surface area contributed by atoms with Gasteiger partial charge in [-0.15, -0.1) is 0 Å². The molecule has 0 aliphatic carbocycles. The van der Waals surface area contributed by atoms with Crippen molar-refractivity contribution in [1.82, 2.24) is 14.7 Å². The molecule has 21 heavy (non-hydrogen) atoms. The van der Waals surface area contributed by atoms with E-state index in [9.17, 15) is 4.79 Å². The highest BCUT2D eigenvalue weighted by Crippen LogP contribution is 2.19. The predicted octanol–water partition coefficient (Wildman–Crippen LogP) is 2.83. The van der Waals surface area contributed by atoms with Gasteiger partial charge in [-0.1, -0.05) is 35.9 Å². The fourth-order valence-corrected chi connectivity index (χ4v) is 2.42. The van der Waals surface area contributed by atoms with E-state index in [4.69, 9.17) is 11.6 Å². The quantitative estimate of drug-likeness (QED) is 0.770. The summed E-state index contributed by atoms with van der Waals surface area (Å²) >= 11 is 6.14. The summed E-state index contributed by atoms with van der Waals surface area (Å²) < 4.78 is 1.70. The lowest BCUT2D eigenvalue weighted by atomic mass is 10.0. The first kappa shape index (κ1) is 15.7. The summed E-state index contributed by atoms with van der Waals surface area (Å²) in [5.41, 5.74) is 2.64. The van der Waals surface area contributed by atoms with Gasteiger partial charge >= 0.3 is 0 Å². The Morgan fingerprint density at radius 3 is 2.71 bits per heavy atom. The van der Waals surface area contributed by atoms with Crippen LogP contribution in [0.5, 0.6) is 0 Å². The number of aryl methyl sites for hydroxylation is 1. The first-order chi connectivity index (χ1) is 9.99. The number of hydrogen-bond acceptors (Lipinski definition) is 3. The van der Waals surface area contributed by atoms with Gasteiger partial charge in [0.05, 0.1) is 17.8 Å². The number of likely N-dealkylation sites (N-methyl/N-ethyl adjacent to an activating group) is 1. The molecule has 0 fully saturated rings. The van der Waals surface area contributed by atoms with Gasteiger partial charge in [-0.2, -0.15) is 5.10 Å². The summed E-state index contributed by atoms with van der Waals surface area (Å²) in [5, 5.41) is 4.63. The van der Waals surface area contributed by atoms with E-state index in [0.717, 1.165) is 17.7 Å². The van der Waals surface area contributed by atoms with Gasteiger partial charge in [-0.05, 0) is 32.1 Å². The largest absolute Gasteiger partial charge is 0.308 e. The highest BCUT2D eigenvalue weighted by Gasteiger charge is 2.18. The number of aromatic nitrogens is 2. The summed E-state index contributed by atoms with van der Waals surface area (Å²) in [6.45, 7) is 3.46. The van der Waals surface area contributed by atoms with Crippen molar-refractivity contribution in [2.75, 3.05) is 20.6 Å². The summed E-state index contributed by atoms with van der Waals surface area (Å²) in [7, 11) is 3.97. The molecule has 1 aromatic carbocycles. The average molecular weight is 306 g/mol. The summed E-state index contributed by atoms with van der Waals surface area (Å²) in [6.07, 6.45) is 1.89. The lowest BCUT2D eigenvalue weighted by molar-refractivity contribution is 0.0982. The van der Waals surface area contributed by atoms with Crippen LogP contribution >= 0.6 is 11.6 Å². The molecule has 0 amide bonds. The van der Waals surface area contributed by atoms with E-state index >= 15 is 0 Å². The number of halogens is 1. The van der Waals surface area contributed by atoms with Crippen molar-refractivity contribution >= 4 is 17.4 Å². The number of hydrogen-bond donors (Lipinski definition) is 0. The Labute approximate surface area is 130 Å². The number of rotatable bonds is 6. The van der Waals surface area contributed by atoms with E-state index in [0.29, 0.717) is 23.7 Å². The number of nitrogens with zero attached hydrogens (tertiary/aromatic N) is 3. The maximum absolute atomic E-state index is 12.6. The number of carbonyl (C=O) groups excluding carboxylic acids is 1. The van der Waals surface area contributed by atoms with Crippen LogP contribution in [-0.4, -0.2) is 41.1 Å². The Kier molecular flexibility index (Phi) is 5.15. The Bertz CT molecular complexity index is 634. The second-order valence-corrected chi connectivity index (χ2v) is 5.80. The molecule has 4 nitrogen and oxygen atoms in total. The van der Waals surface area contributed by atoms with E-state index < -0.39 is 0 Å². The fraction of sp³-hybridized carbons (Fsp3) is 0.375. The zero-order valence-corrected chi connectivity index (χ0v) is 13.4. The van der Waals surface area contributed by atoms with Crippen molar-refractivity contribution in [2.24, 2.45) is 0 Å². The molecular weight excluding hydrogens is 286 g/mol. The van der Waals surface area contributed by atoms with Gasteiger partial charge in [0.15, 0.2) is 5.78 Å². The third-order valence-electron chi connectivity index (χ3n) is 3.43. The highest BCUT2D eigenvalue weighted by atomic mass is 35.5. The van der Waals surface area contributed by atoms with Crippen LogP contribution in [0.25, 0.3) is 0 Å². The van der Waals surface area contributed by atoms with Crippen LogP contribution in [0.4, 0.5) is 0 Å². The van der Waals surface area contributed by atoms with Crippen LogP contribution in [0, 0.1) is 6.92 Å². The van der Waals surface area contributed by atoms with Crippen LogP contribution in [-0.2, 0) is 13.0 Å². The zero-order chi connectivity index (χ0) is 15.4. The molecule has 0 atom stereocenters. The monoisotopic (exact) mass is 305 g/mol. The Morgan fingerprint density at radius 1 is 1.33 bits per heavy atom. The molecule has 112 valence electrons. The molecule has 2 rings (SSSR count). The number of ketones is 1. The average Bonchev–Trinajstić information content (AvgIpc) is 2.80. The van der Waals surface area contributed by atoms with Gasteiger partial charge in [-0.3, -0.25) is 9.48 Å². The van der Waals surface area contributed by atoms with Gasteiger partial charge < -0.3 is 4.90 Å². The molecule has 1 heterocycles. The molecule has 0 bridgehead atoms. The highest BCUT2D eigenvalue weighted by molar-refractivity contribution is 6.33. The predicted molar refractivity (Wildman–Crippen MR) is 85.0 cm³/mol. The maximum Gasteiger partial charge on any atom is 0.186 e. The van der Waals surface area contributed by atoms with Crippen LogP contribution in [0.1, 0.15) is 21.6 Å². The van der Waals surface area contributed by atoms with Crippen molar-refractivity contribution < 1.29 is 4.79 Å². The summed E-state index contributed by atoms with van der Waals surface area (Å²) in [4.78, 5) is 14.6. The first-order valence-corrected chi connectivity index (χ1v) is 7.30. The molecule has 1 aromatic heterocycles. The lowest BCUT2D eigenvalue weighted by Crippen LogP contribution is -2.22. The minimum atomic E-state index is 0.00514. The Hall–Kier alpha value is -1.65. The van der Waals surface area contributed by atoms with E-state index in [1.807, 2.05) is 50.2 Å². The SMILES string of the molecule is Cc1ccccc1CC(=O)c1c(Cl)cnn1CCN(C)C. The van der Waals surface area contributed by atoms with Crippen molar-refractivity contribution in [3.63, 3.8) is 0 Å². The molecule has 0 saturated carbocycles. The van der Waals surface area contributed by atoms with Crippen molar-refractivity contribution in [3.05, 3.63) is 52.3 Å². The van der Waals surface area contributed by atoms with Crippen molar-refractivity contribution in [3.8, 4) is 0 Å². The molecule has 0 aliphatic rings. The maximum atomic E-state index is 12.6. The fourth-order valence-electron chi connectivity index (χ4n) is 2.17. The van der Waals surface area contributed by atoms with Crippen LogP contribution in [0.3, 0.4) is 0 Å². The summed E-state index contributed by atoms with van der Waals surface area (Å²) in [6, 6.07) is 7.90. The molecule has 0 unspecified atom stereocenters. The smallest absolute Gasteiger partial charge is 0.186 e. The third kappa shape index (κ3) is 3.93. The van der Waals surface area contributed by atoms with Crippen LogP contribution < -0.4 is 0 Å². The van der Waals surface area contributed by atoms with Gasteiger partial charge in [0, 0.05) is 13.0 Å². The van der Waals surface area contributed by atoms with Crippen LogP contribution in [0.15, 0.2) is 30.5 Å². The van der Waals surface area contributed by atoms with Gasteiger partial charge in [0.25, 0.3) is 0 Å². The van der Waals surface area contributed by atoms with E-state index in [-0.39, 0.29) is 5.78 Å². The van der Waals surface area contributed by atoms with Gasteiger partial charge in [0.2, 0.25) is 0 Å². The molecule has 2 aromatic rings. The van der Waals surface area contributed by atoms with E-state index in [1.54, 1.807) is 10.9 Å². The molecule has 0 saturated heterocycles. The molecule has 5 heteroatoms. The summed E-state index contributed by atoms with van der Waals surface area (Å²) in [5.74, 6) is 0.00514. The minimum absolute atomic E-state index is 0.00514. The van der Waals surface area contributed by atoms with E-state index in [2.05, 4.69) is 5.10 Å². The van der Waals surface area contributed by atoms with Crippen molar-refractivity contribution in [1.29, 1.82) is 0 Å². The van der Waals surface area contributed by atoms with Gasteiger partial charge in [0.1, 0.15) is 5.69 Å². The molecule has 0 aliphatic heterocycles. The van der Waals surface area contributed by atoms with E-state index in [1.165, 1.54) is 0 Å². The Morgan fingerprint density at radius 2 is 2.05 bits per heavy atom. The third-order valence-corrected chi connectivity index (χ3v) is 3.71. The molecule has 0 spiro atoms. The van der Waals surface area contributed by atoms with Gasteiger partial charge in [-0.25, -0.2) is 0 Å². The lowest BCUT2D eigenvalue weighted by Gasteiger charge is -2.12. The first-order valence-electron chi connectivity index (χ1n) is 6.92. The second-order valence-electron chi connectivity index (χ2n) is 5.39. The molecule has 0 radical (unpaired) electrons. The normalized spacial score (nSPS) is 11.1.